The molecule has 0 aliphatic carbocycles. The molecule has 0 N–H and O–H groups in total. The van der Waals surface area contributed by atoms with E-state index in [-0.39, 0.29) is 0 Å². The molecule has 0 radical (unpaired) electrons. The highest BCUT2D eigenvalue weighted by atomic mass is 79.9. The Kier molecular flexibility index (Phi) is 5.78. The van der Waals surface area contributed by atoms with Crippen LogP contribution in [-0.4, -0.2) is 0 Å². The Morgan fingerprint density at radius 2 is 0.881 bits per heavy atom. The van der Waals surface area contributed by atoms with E-state index < -0.39 is 10.9 Å². The minimum absolute atomic E-state index is 0.447. The minimum atomic E-state index is -0.449. The third-order valence-corrected chi connectivity index (χ3v) is 9.26. The summed E-state index contributed by atoms with van der Waals surface area (Å²) in [7, 11) is 0. The van der Waals surface area contributed by atoms with Crippen LogP contribution in [0, 0.1) is 0 Å². The van der Waals surface area contributed by atoms with Crippen molar-refractivity contribution >= 4 is 74.9 Å². The van der Waals surface area contributed by atoms with E-state index in [1.54, 1.807) is 12.1 Å². The second kappa shape index (κ2) is 9.59. The molecule has 0 heterocycles. The van der Waals surface area contributed by atoms with Gasteiger partial charge in [0.15, 0.2) is 0 Å². The summed E-state index contributed by atoms with van der Waals surface area (Å²) >= 11 is 7.40. The van der Waals surface area contributed by atoms with E-state index in [1.165, 1.54) is 0 Å². The summed E-state index contributed by atoms with van der Waals surface area (Å²) in [4.78, 5) is 26.8. The van der Waals surface area contributed by atoms with Crippen LogP contribution < -0.4 is 10.9 Å². The van der Waals surface area contributed by atoms with E-state index in [2.05, 4.69) is 105 Å². The second-order valence-corrected chi connectivity index (χ2v) is 12.4. The first kappa shape index (κ1) is 25.3. The van der Waals surface area contributed by atoms with Crippen LogP contribution in [0.4, 0.5) is 0 Å². The average Bonchev–Trinajstić information content (AvgIpc) is 3.02. The summed E-state index contributed by atoms with van der Waals surface area (Å²) in [6, 6.07) is 41.0. The Bertz CT molecular complexity index is 2470. The van der Waals surface area contributed by atoms with Gasteiger partial charge in [-0.1, -0.05) is 123 Å². The van der Waals surface area contributed by atoms with Crippen LogP contribution in [0.2, 0.25) is 0 Å². The normalized spacial score (nSPS) is 11.8. The number of halogens is 2. The van der Waals surface area contributed by atoms with Crippen molar-refractivity contribution in [2.75, 3.05) is 0 Å². The van der Waals surface area contributed by atoms with E-state index in [1.807, 2.05) is 36.4 Å². The zero-order valence-electron chi connectivity index (χ0n) is 22.1. The number of rotatable bonds is 3. The fourth-order valence-electron chi connectivity index (χ4n) is 6.59. The van der Waals surface area contributed by atoms with Gasteiger partial charge in [-0.25, -0.2) is 0 Å². The van der Waals surface area contributed by atoms with Crippen molar-refractivity contribution in [2.24, 2.45) is 0 Å². The smallest absolute Gasteiger partial charge is 0.234 e. The molecule has 0 aromatic heterocycles. The van der Waals surface area contributed by atoms with Gasteiger partial charge in [0, 0.05) is 30.5 Å². The summed E-state index contributed by atoms with van der Waals surface area (Å²) in [6.45, 7) is 0. The Morgan fingerprint density at radius 3 is 1.50 bits per heavy atom. The van der Waals surface area contributed by atoms with Gasteiger partial charge in [0.05, 0.1) is 0 Å². The van der Waals surface area contributed by atoms with Gasteiger partial charge in [0.1, 0.15) is 0 Å². The number of hydrogen-bond donors (Lipinski definition) is 0. The van der Waals surface area contributed by atoms with Crippen molar-refractivity contribution in [1.29, 1.82) is 0 Å². The monoisotopic (exact) mass is 666 g/mol. The molecule has 42 heavy (non-hydrogen) atoms. The highest BCUT2D eigenvalue weighted by Gasteiger charge is 2.24. The first-order chi connectivity index (χ1) is 20.5. The van der Waals surface area contributed by atoms with Gasteiger partial charge in [0.25, 0.3) is 0 Å². The van der Waals surface area contributed by atoms with Crippen LogP contribution in [0.15, 0.2) is 140 Å². The second-order valence-electron chi connectivity index (χ2n) is 10.6. The molecule has 0 unspecified atom stereocenters. The molecular formula is C38H20Br2O2. The van der Waals surface area contributed by atoms with Gasteiger partial charge in [-0.15, -0.1) is 0 Å². The third-order valence-electron chi connectivity index (χ3n) is 8.27. The number of benzene rings is 8. The van der Waals surface area contributed by atoms with Crippen molar-refractivity contribution < 1.29 is 0 Å². The predicted octanol–water partition coefficient (Wildman–Crippen LogP) is 10.4. The molecule has 0 spiro atoms. The van der Waals surface area contributed by atoms with Crippen LogP contribution in [0.25, 0.3) is 76.5 Å². The first-order valence-electron chi connectivity index (χ1n) is 13.7. The van der Waals surface area contributed by atoms with Gasteiger partial charge < -0.3 is 0 Å². The van der Waals surface area contributed by atoms with E-state index in [4.69, 9.17) is 0 Å². The van der Waals surface area contributed by atoms with E-state index in [0.29, 0.717) is 10.8 Å². The Hall–Kier alpha value is -4.38. The van der Waals surface area contributed by atoms with Crippen molar-refractivity contribution in [3.05, 3.63) is 151 Å². The van der Waals surface area contributed by atoms with Gasteiger partial charge in [-0.3, -0.25) is 9.59 Å². The van der Waals surface area contributed by atoms with Crippen molar-refractivity contribution in [3.8, 4) is 33.4 Å². The van der Waals surface area contributed by atoms with Crippen LogP contribution in [0.1, 0.15) is 0 Å². The first-order valence-corrected chi connectivity index (χ1v) is 15.2. The zero-order chi connectivity index (χ0) is 28.5. The molecule has 0 fully saturated rings. The number of fused-ring (bicyclic) bond motifs is 3. The van der Waals surface area contributed by atoms with Crippen molar-refractivity contribution in [3.63, 3.8) is 0 Å². The van der Waals surface area contributed by atoms with E-state index in [9.17, 15) is 9.59 Å². The highest BCUT2D eigenvalue weighted by molar-refractivity contribution is 9.10. The molecule has 0 aliphatic heterocycles. The Morgan fingerprint density at radius 1 is 0.381 bits per heavy atom. The lowest BCUT2D eigenvalue weighted by Gasteiger charge is -2.23. The quantitative estimate of drug-likeness (QED) is 0.107. The number of hydrogen-bond acceptors (Lipinski definition) is 2. The lowest BCUT2D eigenvalue weighted by Crippen LogP contribution is -2.24. The molecule has 198 valence electrons. The van der Waals surface area contributed by atoms with Crippen molar-refractivity contribution in [2.45, 2.75) is 0 Å². The lowest BCUT2D eigenvalue weighted by molar-refractivity contribution is 1.58. The molecule has 0 saturated carbocycles. The minimum Gasteiger partial charge on any atom is -0.285 e. The summed E-state index contributed by atoms with van der Waals surface area (Å²) in [6.07, 6.45) is 0. The van der Waals surface area contributed by atoms with E-state index in [0.717, 1.165) is 74.6 Å². The topological polar surface area (TPSA) is 34.1 Å². The molecule has 8 aromatic rings. The van der Waals surface area contributed by atoms with Gasteiger partial charge in [0.2, 0.25) is 10.9 Å². The van der Waals surface area contributed by atoms with E-state index >= 15 is 0 Å². The fraction of sp³-hybridized carbons (Fsp3) is 0. The lowest BCUT2D eigenvalue weighted by atomic mass is 9.80. The summed E-state index contributed by atoms with van der Waals surface area (Å²) in [5, 5.41) is 6.70. The maximum absolute atomic E-state index is 13.4. The SMILES string of the molecule is O=c1c(=O)c2cccc3c4c(-c5cccc(Br)c5)c(-c5ccccc5)cc(-c5cccc(Br)c5)c4c4cccc1c4c23. The average molecular weight is 668 g/mol. The maximum Gasteiger partial charge on any atom is 0.234 e. The molecule has 0 aliphatic rings. The van der Waals surface area contributed by atoms with Crippen LogP contribution in [0.5, 0.6) is 0 Å². The van der Waals surface area contributed by atoms with Crippen LogP contribution >= 0.6 is 31.9 Å². The zero-order valence-corrected chi connectivity index (χ0v) is 25.3. The van der Waals surface area contributed by atoms with Gasteiger partial charge >= 0.3 is 0 Å². The summed E-state index contributed by atoms with van der Waals surface area (Å²) < 4.78 is 1.97. The highest BCUT2D eigenvalue weighted by Crippen LogP contribution is 2.50. The fourth-order valence-corrected chi connectivity index (χ4v) is 7.39. The molecular weight excluding hydrogens is 648 g/mol. The largest absolute Gasteiger partial charge is 0.285 e. The molecule has 0 atom stereocenters. The standard InChI is InChI=1S/C38H20Br2O2/c39-24-12-4-10-22(18-24)31-20-30(21-8-2-1-3-9-21)32(23-11-5-13-25(40)19-23)36-27-15-7-17-29-34(27)33-26(35(31)36)14-6-16-28(33)37(41)38(29)42/h1-20H. The third kappa shape index (κ3) is 3.69. The molecule has 2 nitrogen and oxygen atoms in total. The molecule has 8 rings (SSSR count). The Balaban J connectivity index is 1.75. The van der Waals surface area contributed by atoms with Crippen LogP contribution in [-0.2, 0) is 0 Å². The molecule has 0 saturated heterocycles. The molecule has 4 heteroatoms. The predicted molar refractivity (Wildman–Crippen MR) is 183 cm³/mol. The summed E-state index contributed by atoms with van der Waals surface area (Å²) in [5.41, 5.74) is 5.58. The van der Waals surface area contributed by atoms with Crippen LogP contribution in [0.3, 0.4) is 0 Å². The maximum atomic E-state index is 13.4. The Labute approximate surface area is 257 Å². The molecule has 0 bridgehead atoms. The van der Waals surface area contributed by atoms with Crippen molar-refractivity contribution in [1.82, 2.24) is 0 Å². The molecule has 8 aromatic carbocycles. The van der Waals surface area contributed by atoms with Gasteiger partial charge in [-0.05, 0) is 85.3 Å². The summed E-state index contributed by atoms with van der Waals surface area (Å²) in [5.74, 6) is 0. The van der Waals surface area contributed by atoms with Gasteiger partial charge in [-0.2, -0.15) is 0 Å². The molecule has 0 amide bonds.